The molecule has 1 aromatic carbocycles. The summed E-state index contributed by atoms with van der Waals surface area (Å²) >= 11 is 3.46. The van der Waals surface area contributed by atoms with Gasteiger partial charge in [-0.3, -0.25) is 5.10 Å². The minimum atomic E-state index is 0.235. The summed E-state index contributed by atoms with van der Waals surface area (Å²) in [6.07, 6.45) is 3.26. The zero-order chi connectivity index (χ0) is 13.9. The minimum Gasteiger partial charge on any atom is -0.359 e. The summed E-state index contributed by atoms with van der Waals surface area (Å²) in [6, 6.07) is 5.81. The Labute approximate surface area is 121 Å². The zero-order valence-corrected chi connectivity index (χ0v) is 11.5. The number of nitrogens with one attached hydrogen (secondary N) is 3. The lowest BCUT2D eigenvalue weighted by Gasteiger charge is -2.04. The van der Waals surface area contributed by atoms with Crippen molar-refractivity contribution in [1.82, 2.24) is 30.8 Å². The Balaban J connectivity index is 1.93. The molecule has 9 heteroatoms. The molecule has 0 radical (unpaired) electrons. The normalized spacial score (nSPS) is 11.5. The molecule has 0 aliphatic heterocycles. The van der Waals surface area contributed by atoms with Crippen molar-refractivity contribution in [3.8, 4) is 6.07 Å². The fraction of sp³-hybridized carbons (Fsp3) is 0. The van der Waals surface area contributed by atoms with E-state index >= 15 is 0 Å². The summed E-state index contributed by atoms with van der Waals surface area (Å²) < 4.78 is 0.855. The molecule has 0 bridgehead atoms. The van der Waals surface area contributed by atoms with Crippen molar-refractivity contribution in [3.05, 3.63) is 34.8 Å². The monoisotopic (exact) mass is 330 g/mol. The number of anilines is 1. The molecular formula is C11H7BrN8. The SMILES string of the molecule is N#CC(=CNc1cc2[nH]ncc2cc1Br)c1nn[nH]n1. The van der Waals surface area contributed by atoms with Crippen LogP contribution in [-0.4, -0.2) is 30.8 Å². The molecule has 2 aromatic heterocycles. The number of aromatic nitrogens is 6. The van der Waals surface area contributed by atoms with Gasteiger partial charge in [0.25, 0.3) is 0 Å². The summed E-state index contributed by atoms with van der Waals surface area (Å²) in [5, 5.41) is 33.2. The first-order valence-corrected chi connectivity index (χ1v) is 6.30. The Morgan fingerprint density at radius 3 is 3.10 bits per heavy atom. The molecule has 0 saturated heterocycles. The Morgan fingerprint density at radius 2 is 2.35 bits per heavy atom. The molecule has 0 spiro atoms. The molecule has 0 aliphatic rings. The van der Waals surface area contributed by atoms with E-state index in [0.29, 0.717) is 0 Å². The van der Waals surface area contributed by atoms with Crippen molar-refractivity contribution < 1.29 is 0 Å². The van der Waals surface area contributed by atoms with Crippen LogP contribution in [0.5, 0.6) is 0 Å². The molecule has 98 valence electrons. The third-order valence-corrected chi connectivity index (χ3v) is 3.26. The van der Waals surface area contributed by atoms with Gasteiger partial charge in [-0.25, -0.2) is 0 Å². The second-order valence-electron chi connectivity index (χ2n) is 3.84. The number of aromatic amines is 2. The van der Waals surface area contributed by atoms with Crippen molar-refractivity contribution in [1.29, 1.82) is 5.26 Å². The van der Waals surface area contributed by atoms with E-state index in [1.54, 1.807) is 6.20 Å². The smallest absolute Gasteiger partial charge is 0.216 e. The van der Waals surface area contributed by atoms with Crippen molar-refractivity contribution in [2.24, 2.45) is 0 Å². The molecule has 0 fully saturated rings. The van der Waals surface area contributed by atoms with Crippen LogP contribution in [0.3, 0.4) is 0 Å². The topological polar surface area (TPSA) is 119 Å². The molecule has 0 unspecified atom stereocenters. The van der Waals surface area contributed by atoms with Gasteiger partial charge in [-0.2, -0.15) is 15.6 Å². The van der Waals surface area contributed by atoms with Gasteiger partial charge in [-0.15, -0.1) is 10.2 Å². The maximum atomic E-state index is 9.08. The van der Waals surface area contributed by atoms with Gasteiger partial charge in [-0.1, -0.05) is 0 Å². The fourth-order valence-corrected chi connectivity index (χ4v) is 2.12. The number of nitriles is 1. The van der Waals surface area contributed by atoms with Crippen LogP contribution < -0.4 is 5.32 Å². The van der Waals surface area contributed by atoms with E-state index in [-0.39, 0.29) is 11.4 Å². The van der Waals surface area contributed by atoms with E-state index in [1.807, 2.05) is 18.2 Å². The molecular weight excluding hydrogens is 324 g/mol. The van der Waals surface area contributed by atoms with Crippen LogP contribution in [0.1, 0.15) is 5.82 Å². The molecule has 0 atom stereocenters. The van der Waals surface area contributed by atoms with Crippen LogP contribution in [-0.2, 0) is 0 Å². The van der Waals surface area contributed by atoms with Gasteiger partial charge in [0.15, 0.2) is 0 Å². The third-order valence-electron chi connectivity index (χ3n) is 2.61. The van der Waals surface area contributed by atoms with Crippen LogP contribution in [0.15, 0.2) is 29.0 Å². The lowest BCUT2D eigenvalue weighted by molar-refractivity contribution is 0.881. The molecule has 2 heterocycles. The van der Waals surface area contributed by atoms with Crippen LogP contribution >= 0.6 is 15.9 Å². The van der Waals surface area contributed by atoms with Gasteiger partial charge in [-0.05, 0) is 33.3 Å². The lowest BCUT2D eigenvalue weighted by Crippen LogP contribution is -1.94. The summed E-state index contributed by atoms with van der Waals surface area (Å²) in [5.74, 6) is 0.235. The molecule has 0 aliphatic carbocycles. The molecule has 8 nitrogen and oxygen atoms in total. The number of fused-ring (bicyclic) bond motifs is 1. The van der Waals surface area contributed by atoms with Gasteiger partial charge in [0, 0.05) is 16.1 Å². The largest absolute Gasteiger partial charge is 0.359 e. The number of tetrazole rings is 1. The number of allylic oxidation sites excluding steroid dienone is 1. The van der Waals surface area contributed by atoms with Gasteiger partial charge in [0.2, 0.25) is 5.82 Å². The first-order chi connectivity index (χ1) is 9.78. The van der Waals surface area contributed by atoms with E-state index in [1.165, 1.54) is 6.20 Å². The predicted octanol–water partition coefficient (Wildman–Crippen LogP) is 1.82. The number of hydrogen-bond donors (Lipinski definition) is 3. The number of nitrogens with zero attached hydrogens (tertiary/aromatic N) is 5. The van der Waals surface area contributed by atoms with Gasteiger partial charge < -0.3 is 5.32 Å². The van der Waals surface area contributed by atoms with E-state index in [2.05, 4.69) is 52.1 Å². The standard InChI is InChI=1S/C11H7BrN8/c12-8-1-6-5-15-16-9(6)2-10(8)14-4-7(3-13)11-17-19-20-18-11/h1-2,4-5,14H,(H,15,16)(H,17,18,19,20). The number of H-pyrrole nitrogens is 2. The average Bonchev–Trinajstić information content (AvgIpc) is 3.10. The van der Waals surface area contributed by atoms with Crippen LogP contribution in [0.25, 0.3) is 16.5 Å². The Kier molecular flexibility index (Phi) is 3.14. The highest BCUT2D eigenvalue weighted by molar-refractivity contribution is 9.10. The highest BCUT2D eigenvalue weighted by Crippen LogP contribution is 2.27. The lowest BCUT2D eigenvalue weighted by atomic mass is 10.2. The van der Waals surface area contributed by atoms with Crippen LogP contribution in [0, 0.1) is 11.3 Å². The fourth-order valence-electron chi connectivity index (χ4n) is 1.65. The third kappa shape index (κ3) is 2.24. The predicted molar refractivity (Wildman–Crippen MR) is 75.2 cm³/mol. The number of halogens is 1. The first-order valence-electron chi connectivity index (χ1n) is 5.51. The van der Waals surface area contributed by atoms with E-state index in [0.717, 1.165) is 21.1 Å². The molecule has 0 amide bonds. The summed E-state index contributed by atoms with van der Waals surface area (Å²) in [4.78, 5) is 0. The first kappa shape index (κ1) is 12.3. The second kappa shape index (κ2) is 5.10. The minimum absolute atomic E-state index is 0.235. The van der Waals surface area contributed by atoms with E-state index in [4.69, 9.17) is 5.26 Å². The van der Waals surface area contributed by atoms with Crippen molar-refractivity contribution in [2.75, 3.05) is 5.32 Å². The Morgan fingerprint density at radius 1 is 1.45 bits per heavy atom. The van der Waals surface area contributed by atoms with Crippen LogP contribution in [0.4, 0.5) is 5.69 Å². The van der Waals surface area contributed by atoms with Gasteiger partial charge in [0.05, 0.1) is 17.4 Å². The number of hydrogen-bond acceptors (Lipinski definition) is 6. The summed E-state index contributed by atoms with van der Waals surface area (Å²) in [5.41, 5.74) is 1.95. The zero-order valence-electron chi connectivity index (χ0n) is 9.92. The van der Waals surface area contributed by atoms with Gasteiger partial charge >= 0.3 is 0 Å². The van der Waals surface area contributed by atoms with E-state index < -0.39 is 0 Å². The second-order valence-corrected chi connectivity index (χ2v) is 4.69. The molecule has 20 heavy (non-hydrogen) atoms. The highest BCUT2D eigenvalue weighted by Gasteiger charge is 2.07. The maximum Gasteiger partial charge on any atom is 0.216 e. The van der Waals surface area contributed by atoms with E-state index in [9.17, 15) is 0 Å². The number of rotatable bonds is 3. The average molecular weight is 331 g/mol. The summed E-state index contributed by atoms with van der Waals surface area (Å²) in [6.45, 7) is 0. The number of benzene rings is 1. The maximum absolute atomic E-state index is 9.08. The van der Waals surface area contributed by atoms with Crippen molar-refractivity contribution in [2.45, 2.75) is 0 Å². The summed E-state index contributed by atoms with van der Waals surface area (Å²) in [7, 11) is 0. The highest BCUT2D eigenvalue weighted by atomic mass is 79.9. The molecule has 3 rings (SSSR count). The Bertz CT molecular complexity index is 811. The van der Waals surface area contributed by atoms with Crippen molar-refractivity contribution >= 4 is 38.1 Å². The van der Waals surface area contributed by atoms with Crippen molar-refractivity contribution in [3.63, 3.8) is 0 Å². The molecule has 3 aromatic rings. The molecule has 3 N–H and O–H groups in total. The van der Waals surface area contributed by atoms with Gasteiger partial charge in [0.1, 0.15) is 11.6 Å². The molecule has 0 saturated carbocycles. The van der Waals surface area contributed by atoms with Crippen LogP contribution in [0.2, 0.25) is 0 Å². The quantitative estimate of drug-likeness (QED) is 0.630. The Hall–Kier alpha value is -2.73.